The highest BCUT2D eigenvalue weighted by Crippen LogP contribution is 2.25. The highest BCUT2D eigenvalue weighted by atomic mass is 32.1. The van der Waals surface area contributed by atoms with E-state index in [1.54, 1.807) is 6.20 Å². The van der Waals surface area contributed by atoms with Crippen LogP contribution in [0, 0.1) is 4.77 Å². The molecule has 0 spiro atoms. The lowest BCUT2D eigenvalue weighted by molar-refractivity contribution is 0.320. The molecule has 0 radical (unpaired) electrons. The number of hydrogen-bond donors (Lipinski definition) is 1. The van der Waals surface area contributed by atoms with Gasteiger partial charge in [0.1, 0.15) is 11.3 Å². The second kappa shape index (κ2) is 6.13. The van der Waals surface area contributed by atoms with Crippen molar-refractivity contribution in [3.8, 4) is 5.75 Å². The Labute approximate surface area is 128 Å². The van der Waals surface area contributed by atoms with Gasteiger partial charge in [-0.2, -0.15) is 0 Å². The van der Waals surface area contributed by atoms with Gasteiger partial charge in [0, 0.05) is 25.5 Å². The Kier molecular flexibility index (Phi) is 4.06. The van der Waals surface area contributed by atoms with Crippen molar-refractivity contribution >= 4 is 23.3 Å². The molecule has 0 aliphatic heterocycles. The fourth-order valence-corrected chi connectivity index (χ4v) is 2.63. The van der Waals surface area contributed by atoms with E-state index in [1.165, 1.54) is 0 Å². The zero-order chi connectivity index (χ0) is 14.7. The van der Waals surface area contributed by atoms with E-state index < -0.39 is 0 Å². The summed E-state index contributed by atoms with van der Waals surface area (Å²) in [5, 5.41) is 0. The summed E-state index contributed by atoms with van der Waals surface area (Å²) in [6.07, 6.45) is 6.53. The molecule has 110 valence electrons. The summed E-state index contributed by atoms with van der Waals surface area (Å²) < 4.78 is 10.6. The van der Waals surface area contributed by atoms with Gasteiger partial charge in [-0.05, 0) is 30.8 Å². The van der Waals surface area contributed by atoms with E-state index in [0.717, 1.165) is 41.1 Å². The molecule has 3 aromatic rings. The summed E-state index contributed by atoms with van der Waals surface area (Å²) in [6, 6.07) is 6.04. The first-order valence-electron chi connectivity index (χ1n) is 7.09. The van der Waals surface area contributed by atoms with Gasteiger partial charge in [0.05, 0.1) is 18.5 Å². The number of para-hydroxylation sites is 1. The zero-order valence-corrected chi connectivity index (χ0v) is 12.8. The maximum Gasteiger partial charge on any atom is 0.178 e. The molecule has 1 N–H and O–H groups in total. The van der Waals surface area contributed by atoms with Crippen LogP contribution in [0.2, 0.25) is 0 Å². The molecular formula is C15H18N4OS. The smallest absolute Gasteiger partial charge is 0.178 e. The first-order valence-corrected chi connectivity index (χ1v) is 7.50. The monoisotopic (exact) mass is 302 g/mol. The number of hydrogen-bond acceptors (Lipinski definition) is 3. The summed E-state index contributed by atoms with van der Waals surface area (Å²) in [4.78, 5) is 7.32. The van der Waals surface area contributed by atoms with E-state index >= 15 is 0 Å². The van der Waals surface area contributed by atoms with Gasteiger partial charge >= 0.3 is 0 Å². The molecule has 0 saturated carbocycles. The van der Waals surface area contributed by atoms with Crippen LogP contribution in [0.3, 0.4) is 0 Å². The lowest BCUT2D eigenvalue weighted by Crippen LogP contribution is -2.05. The predicted molar refractivity (Wildman–Crippen MR) is 85.1 cm³/mol. The van der Waals surface area contributed by atoms with Gasteiger partial charge in [0.15, 0.2) is 4.77 Å². The van der Waals surface area contributed by atoms with Crippen molar-refractivity contribution in [1.29, 1.82) is 0 Å². The Balaban J connectivity index is 1.91. The SMILES string of the molecule is CCCOc1cccc2c1[nH]c(=S)n2CCn1ccnc1. The molecule has 0 aliphatic rings. The van der Waals surface area contributed by atoms with Crippen LogP contribution in [0.5, 0.6) is 5.75 Å². The van der Waals surface area contributed by atoms with E-state index in [0.29, 0.717) is 6.61 Å². The minimum absolute atomic E-state index is 0.708. The minimum atomic E-state index is 0.708. The first-order chi connectivity index (χ1) is 10.3. The van der Waals surface area contributed by atoms with Crippen molar-refractivity contribution < 1.29 is 4.74 Å². The highest BCUT2D eigenvalue weighted by Gasteiger charge is 2.09. The molecule has 0 unspecified atom stereocenters. The Bertz CT molecular complexity index is 773. The van der Waals surface area contributed by atoms with E-state index in [4.69, 9.17) is 17.0 Å². The molecule has 3 rings (SSSR count). The standard InChI is InChI=1S/C15H18N4OS/c1-2-10-20-13-5-3-4-12-14(13)17-15(21)19(12)9-8-18-7-6-16-11-18/h3-7,11H,2,8-10H2,1H3,(H,17,21). The molecule has 0 amide bonds. The van der Waals surface area contributed by atoms with E-state index in [-0.39, 0.29) is 0 Å². The van der Waals surface area contributed by atoms with Crippen molar-refractivity contribution in [3.05, 3.63) is 41.7 Å². The van der Waals surface area contributed by atoms with Gasteiger partial charge in [-0.1, -0.05) is 13.0 Å². The van der Waals surface area contributed by atoms with E-state index in [9.17, 15) is 0 Å². The maximum absolute atomic E-state index is 5.78. The highest BCUT2D eigenvalue weighted by molar-refractivity contribution is 7.71. The van der Waals surface area contributed by atoms with Crippen LogP contribution in [0.15, 0.2) is 36.9 Å². The van der Waals surface area contributed by atoms with Gasteiger partial charge in [-0.3, -0.25) is 0 Å². The second-order valence-corrected chi connectivity index (χ2v) is 5.27. The van der Waals surface area contributed by atoms with Crippen LogP contribution in [0.25, 0.3) is 11.0 Å². The molecule has 0 fully saturated rings. The molecule has 5 nitrogen and oxygen atoms in total. The lowest BCUT2D eigenvalue weighted by atomic mass is 10.3. The summed E-state index contributed by atoms with van der Waals surface area (Å²) in [5.74, 6) is 0.863. The Hall–Kier alpha value is -2.08. The molecule has 21 heavy (non-hydrogen) atoms. The number of aromatic nitrogens is 4. The number of ether oxygens (including phenoxy) is 1. The van der Waals surface area contributed by atoms with Gasteiger partial charge in [-0.15, -0.1) is 0 Å². The van der Waals surface area contributed by atoms with Gasteiger partial charge in [0.2, 0.25) is 0 Å². The van der Waals surface area contributed by atoms with Gasteiger partial charge in [-0.25, -0.2) is 4.98 Å². The normalized spacial score (nSPS) is 11.1. The number of nitrogens with one attached hydrogen (secondary N) is 1. The molecule has 0 saturated heterocycles. The molecule has 0 bridgehead atoms. The molecule has 1 aromatic carbocycles. The van der Waals surface area contributed by atoms with Crippen LogP contribution in [-0.2, 0) is 13.1 Å². The molecular weight excluding hydrogens is 284 g/mol. The molecule has 0 atom stereocenters. The van der Waals surface area contributed by atoms with Gasteiger partial charge < -0.3 is 18.9 Å². The average Bonchev–Trinajstić information content (AvgIpc) is 3.10. The Morgan fingerprint density at radius 3 is 3.00 bits per heavy atom. The summed E-state index contributed by atoms with van der Waals surface area (Å²) in [5.41, 5.74) is 2.05. The number of fused-ring (bicyclic) bond motifs is 1. The topological polar surface area (TPSA) is 47.8 Å². The predicted octanol–water partition coefficient (Wildman–Crippen LogP) is 3.38. The number of rotatable bonds is 6. The number of imidazole rings is 2. The largest absolute Gasteiger partial charge is 0.491 e. The third-order valence-corrected chi connectivity index (χ3v) is 3.70. The van der Waals surface area contributed by atoms with Crippen LogP contribution in [0.1, 0.15) is 13.3 Å². The maximum atomic E-state index is 5.78. The first kappa shape index (κ1) is 13.9. The molecule has 6 heteroatoms. The van der Waals surface area contributed by atoms with Crippen molar-refractivity contribution in [2.75, 3.05) is 6.61 Å². The van der Waals surface area contributed by atoms with Crippen molar-refractivity contribution in [3.63, 3.8) is 0 Å². The molecule has 2 heterocycles. The minimum Gasteiger partial charge on any atom is -0.491 e. The van der Waals surface area contributed by atoms with E-state index in [1.807, 2.05) is 29.2 Å². The van der Waals surface area contributed by atoms with Gasteiger partial charge in [0.25, 0.3) is 0 Å². The quantitative estimate of drug-likeness (QED) is 0.710. The fraction of sp³-hybridized carbons (Fsp3) is 0.333. The van der Waals surface area contributed by atoms with Crippen LogP contribution in [0.4, 0.5) is 0 Å². The Morgan fingerprint density at radius 1 is 1.33 bits per heavy atom. The summed E-state index contributed by atoms with van der Waals surface area (Å²) in [6.45, 7) is 4.44. The van der Waals surface area contributed by atoms with Crippen molar-refractivity contribution in [1.82, 2.24) is 19.1 Å². The number of nitrogens with zero attached hydrogens (tertiary/aromatic N) is 3. The number of H-pyrrole nitrogens is 1. The van der Waals surface area contributed by atoms with E-state index in [2.05, 4.69) is 27.5 Å². The lowest BCUT2D eigenvalue weighted by Gasteiger charge is -2.07. The molecule has 0 aliphatic carbocycles. The van der Waals surface area contributed by atoms with Crippen LogP contribution >= 0.6 is 12.2 Å². The Morgan fingerprint density at radius 2 is 2.24 bits per heavy atom. The van der Waals surface area contributed by atoms with Crippen LogP contribution in [-0.4, -0.2) is 25.7 Å². The number of benzene rings is 1. The fourth-order valence-electron chi connectivity index (χ4n) is 2.34. The second-order valence-electron chi connectivity index (χ2n) is 4.88. The van der Waals surface area contributed by atoms with Crippen LogP contribution < -0.4 is 4.74 Å². The summed E-state index contributed by atoms with van der Waals surface area (Å²) >= 11 is 5.45. The van der Waals surface area contributed by atoms with Crippen molar-refractivity contribution in [2.45, 2.75) is 26.4 Å². The van der Waals surface area contributed by atoms with Crippen molar-refractivity contribution in [2.24, 2.45) is 0 Å². The zero-order valence-electron chi connectivity index (χ0n) is 12.0. The third kappa shape index (κ3) is 2.85. The molecule has 2 aromatic heterocycles. The summed E-state index contributed by atoms with van der Waals surface area (Å²) in [7, 11) is 0. The number of aryl methyl sites for hydroxylation is 2. The average molecular weight is 302 g/mol. The number of aromatic amines is 1. The third-order valence-electron chi connectivity index (χ3n) is 3.37.